The molecule has 0 spiro atoms. The average molecular weight is 249 g/mol. The second-order valence-electron chi connectivity index (χ2n) is 0.250. The van der Waals surface area contributed by atoms with Crippen molar-refractivity contribution in [3.63, 3.8) is 0 Å². The zero-order chi connectivity index (χ0) is 3.58. The molecule has 0 heterocycles. The maximum atomic E-state index is 8.33. The third-order valence-corrected chi connectivity index (χ3v) is 0. The van der Waals surface area contributed by atoms with Crippen molar-refractivity contribution in [2.45, 2.75) is 0 Å². The van der Waals surface area contributed by atoms with Crippen molar-refractivity contribution in [3.8, 4) is 0 Å². The van der Waals surface area contributed by atoms with Crippen molar-refractivity contribution < 1.29 is 69.8 Å². The predicted molar refractivity (Wildman–Crippen MR) is 47.3 cm³/mol. The molecule has 0 unspecified atom stereocenters. The summed E-state index contributed by atoms with van der Waals surface area (Å²) in [4.78, 5) is 8.33. The molecule has 0 aliphatic carbocycles. The first-order chi connectivity index (χ1) is 1.73. The molecular weight excluding hydrogens is 229 g/mol. The second kappa shape index (κ2) is 455. The van der Waals surface area contributed by atoms with Gasteiger partial charge in [-0.1, -0.05) is 0 Å². The van der Waals surface area contributed by atoms with Crippen LogP contribution in [0.5, 0.6) is 0 Å². The minimum atomic E-state index is -2.33. The number of carbonyl (C=O) groups is 1. The third kappa shape index (κ3) is 1720. The Hall–Kier alpha value is -0.961. The summed E-state index contributed by atoms with van der Waals surface area (Å²) in [6.45, 7) is 0. The van der Waals surface area contributed by atoms with Crippen LogP contribution in [0, 0.1) is 0 Å². The second-order valence-corrected chi connectivity index (χ2v) is 0.250. The third-order valence-electron chi connectivity index (χ3n) is 0. The summed E-state index contributed by atoms with van der Waals surface area (Å²) in [7, 11) is 0. The Labute approximate surface area is 87.3 Å². The first kappa shape index (κ1) is 574. The van der Waals surface area contributed by atoms with Crippen molar-refractivity contribution in [2.24, 2.45) is 0 Å². The van der Waals surface area contributed by atoms with E-state index in [0.717, 1.165) is 0 Å². The van der Waals surface area contributed by atoms with Crippen LogP contribution in [-0.4, -0.2) is 71.0 Å². The maximum Gasteiger partial charge on any atom is 2.00 e. The van der Waals surface area contributed by atoms with Crippen LogP contribution in [0.3, 0.4) is 0 Å². The molecule has 14 heteroatoms. The summed E-state index contributed by atoms with van der Waals surface area (Å²) >= 11 is 0. The molecule has 0 bridgehead atoms. The average Bonchev–Trinajstić information content (AvgIpc) is 0.811. The minimum absolute atomic E-state index is 0. The van der Waals surface area contributed by atoms with E-state index >= 15 is 0 Å². The quantitative estimate of drug-likeness (QED) is 0.377. The van der Waals surface area contributed by atoms with E-state index in [-0.39, 0.29) is 64.9 Å². The molecule has 0 aromatic heterocycles. The fourth-order valence-corrected chi connectivity index (χ4v) is 0. The Balaban J connectivity index is -0.000000000818. The number of hydrogen-bond acceptors (Lipinski definition) is 3. The van der Waals surface area contributed by atoms with Crippen molar-refractivity contribution in [2.75, 3.05) is 0 Å². The summed E-state index contributed by atoms with van der Waals surface area (Å²) in [6.07, 6.45) is -2.33. The molecule has 0 amide bonds. The Morgan fingerprint density at radius 1 is 0.533 bits per heavy atom. The van der Waals surface area contributed by atoms with E-state index in [1.807, 2.05) is 0 Å². The number of rotatable bonds is 0. The van der Waals surface area contributed by atoms with Gasteiger partial charge in [-0.3, -0.25) is 0 Å². The maximum absolute atomic E-state index is 8.33. The zero-order valence-electron chi connectivity index (χ0n) is 7.43. The number of carboxylic acid groups (broad SMARTS) is 2. The minimum Gasteiger partial charge on any atom is -0.652 e. The van der Waals surface area contributed by atoms with Crippen LogP contribution in [0.4, 0.5) is 4.79 Å². The topological polar surface area (TPSA) is 378 Å². The van der Waals surface area contributed by atoms with Crippen molar-refractivity contribution in [1.82, 2.24) is 0 Å². The fraction of sp³-hybridized carbons (Fsp3) is 0. The fourth-order valence-electron chi connectivity index (χ4n) is 0. The van der Waals surface area contributed by atoms with E-state index in [1.54, 1.807) is 0 Å². The van der Waals surface area contributed by atoms with E-state index in [1.165, 1.54) is 0 Å². The van der Waals surface area contributed by atoms with Gasteiger partial charge in [0.2, 0.25) is 0 Å². The van der Waals surface area contributed by atoms with Crippen LogP contribution < -0.4 is 10.2 Å². The Kier molecular flexibility index (Phi) is 17400. The normalized spacial score (nSPS) is 1.60. The van der Waals surface area contributed by atoms with Crippen LogP contribution >= 0.6 is 0 Å². The molecule has 0 aliphatic rings. The molecule has 0 aliphatic heterocycles. The molecule has 0 fully saturated rings. The first-order valence-corrected chi connectivity index (χ1v) is 0.612. The van der Waals surface area contributed by atoms with E-state index in [0.29, 0.717) is 0 Å². The smallest absolute Gasteiger partial charge is 0.652 e. The van der Waals surface area contributed by atoms with Gasteiger partial charge in [0.15, 0.2) is 0 Å². The molecule has 0 atom stereocenters. The SMILES string of the molecule is O.O.O.O.O.O.O.O.O.O.O=C([O-])[O-].[Be+2]. The van der Waals surface area contributed by atoms with Gasteiger partial charge in [0.05, 0.1) is 0 Å². The van der Waals surface area contributed by atoms with Gasteiger partial charge in [-0.2, -0.15) is 0 Å². The van der Waals surface area contributed by atoms with E-state index in [4.69, 9.17) is 15.0 Å². The molecule has 15 heavy (non-hydrogen) atoms. The molecule has 0 radical (unpaired) electrons. The van der Waals surface area contributed by atoms with Gasteiger partial charge in [0.25, 0.3) is 0 Å². The molecule has 0 saturated heterocycles. The number of carbonyl (C=O) groups excluding carboxylic acids is 1. The van der Waals surface area contributed by atoms with Crippen molar-refractivity contribution >= 4 is 16.3 Å². The van der Waals surface area contributed by atoms with Crippen molar-refractivity contribution in [1.29, 1.82) is 0 Å². The molecule has 20 N–H and O–H groups in total. The monoisotopic (exact) mass is 249 g/mol. The van der Waals surface area contributed by atoms with Crippen LogP contribution in [0.2, 0.25) is 0 Å². The van der Waals surface area contributed by atoms with Gasteiger partial charge >= 0.3 is 10.1 Å². The van der Waals surface area contributed by atoms with E-state index in [2.05, 4.69) is 0 Å². The summed E-state index contributed by atoms with van der Waals surface area (Å²) in [5, 5.41) is 16.7. The van der Waals surface area contributed by atoms with Gasteiger partial charge < -0.3 is 69.8 Å². The molecular formula is CH20BeO13. The molecule has 0 aromatic carbocycles. The Morgan fingerprint density at radius 2 is 0.533 bits per heavy atom. The van der Waals surface area contributed by atoms with E-state index < -0.39 is 6.16 Å². The number of hydrogen-bond donors (Lipinski definition) is 0. The summed E-state index contributed by atoms with van der Waals surface area (Å²) in [5.41, 5.74) is 0. The first-order valence-electron chi connectivity index (χ1n) is 0.612. The van der Waals surface area contributed by atoms with Gasteiger partial charge in [-0.15, -0.1) is 0 Å². The largest absolute Gasteiger partial charge is 2.00 e. The van der Waals surface area contributed by atoms with Crippen LogP contribution in [0.15, 0.2) is 0 Å². The van der Waals surface area contributed by atoms with E-state index in [9.17, 15) is 0 Å². The Bertz CT molecular complexity index is 33.5. The van der Waals surface area contributed by atoms with Crippen molar-refractivity contribution in [3.05, 3.63) is 0 Å². The summed E-state index contributed by atoms with van der Waals surface area (Å²) < 4.78 is 0. The van der Waals surface area contributed by atoms with Crippen LogP contribution in [-0.2, 0) is 0 Å². The standard InChI is InChI=1S/CH2O3.Be.10H2O/c2-1(3)4;;;;;;;;;;;/h(H2,2,3,4);;10*1H2/q;+2;;;;;;;;;;/p-2. The van der Waals surface area contributed by atoms with Gasteiger partial charge in [-0.05, 0) is 6.16 Å². The molecule has 0 aromatic rings. The Morgan fingerprint density at radius 3 is 0.533 bits per heavy atom. The molecule has 0 saturated carbocycles. The van der Waals surface area contributed by atoms with Gasteiger partial charge in [-0.25, -0.2) is 0 Å². The van der Waals surface area contributed by atoms with Gasteiger partial charge in [0.1, 0.15) is 0 Å². The predicted octanol–water partition coefficient (Wildman–Crippen LogP) is -11.1. The summed E-state index contributed by atoms with van der Waals surface area (Å²) in [5.74, 6) is 0. The van der Waals surface area contributed by atoms with Gasteiger partial charge in [0, 0.05) is 0 Å². The summed E-state index contributed by atoms with van der Waals surface area (Å²) in [6, 6.07) is 0. The molecule has 13 nitrogen and oxygen atoms in total. The zero-order valence-corrected chi connectivity index (χ0v) is 7.43. The van der Waals surface area contributed by atoms with Crippen LogP contribution in [0.1, 0.15) is 0 Å². The molecule has 0 rings (SSSR count). The molecule has 104 valence electrons. The van der Waals surface area contributed by atoms with Crippen LogP contribution in [0.25, 0.3) is 0 Å².